The van der Waals surface area contributed by atoms with Crippen LogP contribution in [-0.2, 0) is 0 Å². The second-order valence-corrected chi connectivity index (χ2v) is 3.92. The van der Waals surface area contributed by atoms with Crippen LogP contribution in [0.4, 0.5) is 0 Å². The maximum atomic E-state index is 5.84. The minimum absolute atomic E-state index is 0.208. The normalized spacial score (nSPS) is 21.3. The minimum Gasteiger partial charge on any atom is -0.490 e. The summed E-state index contributed by atoms with van der Waals surface area (Å²) < 4.78 is 5.58. The molecule has 4 heteroatoms. The molecule has 2 N–H and O–H groups in total. The predicted octanol–water partition coefficient (Wildman–Crippen LogP) is 1.62. The Balaban J connectivity index is 2.35. The molecule has 0 saturated carbocycles. The number of nitrogens with two attached hydrogens (primary N) is 1. The van der Waals surface area contributed by atoms with Crippen LogP contribution in [0.1, 0.15) is 18.2 Å². The van der Waals surface area contributed by atoms with Gasteiger partial charge in [0.05, 0.1) is 6.04 Å². The molecule has 0 radical (unpaired) electrons. The summed E-state index contributed by atoms with van der Waals surface area (Å²) in [5.41, 5.74) is 5.84. The van der Waals surface area contributed by atoms with Gasteiger partial charge >= 0.3 is 0 Å². The Morgan fingerprint density at radius 3 is 3.38 bits per heavy atom. The Morgan fingerprint density at radius 2 is 2.62 bits per heavy atom. The zero-order chi connectivity index (χ0) is 9.26. The van der Waals surface area contributed by atoms with Gasteiger partial charge in [-0.3, -0.25) is 4.99 Å². The Labute approximate surface area is 81.2 Å². The van der Waals surface area contributed by atoms with Crippen molar-refractivity contribution in [2.24, 2.45) is 10.7 Å². The Hall–Kier alpha value is -1.03. The Kier molecular flexibility index (Phi) is 2.22. The highest BCUT2D eigenvalue weighted by Gasteiger charge is 2.17. The molecule has 0 bridgehead atoms. The molecule has 70 valence electrons. The maximum absolute atomic E-state index is 5.84. The van der Waals surface area contributed by atoms with E-state index in [4.69, 9.17) is 10.5 Å². The number of hydrogen-bond acceptors (Lipinski definition) is 4. The molecule has 0 fully saturated rings. The second kappa shape index (κ2) is 3.38. The molecule has 1 aromatic heterocycles. The van der Waals surface area contributed by atoms with Crippen molar-refractivity contribution in [2.75, 3.05) is 6.61 Å². The molecule has 1 unspecified atom stereocenters. The summed E-state index contributed by atoms with van der Waals surface area (Å²) in [6.45, 7) is 2.73. The van der Waals surface area contributed by atoms with Gasteiger partial charge in [0.1, 0.15) is 23.1 Å². The first kappa shape index (κ1) is 8.56. The highest BCUT2D eigenvalue weighted by atomic mass is 32.1. The van der Waals surface area contributed by atoms with Gasteiger partial charge in [-0.2, -0.15) is 0 Å². The van der Waals surface area contributed by atoms with Crippen LogP contribution in [0.25, 0.3) is 0 Å². The fourth-order valence-electron chi connectivity index (χ4n) is 1.29. The zero-order valence-electron chi connectivity index (χ0n) is 7.49. The van der Waals surface area contributed by atoms with Crippen molar-refractivity contribution in [3.05, 3.63) is 16.3 Å². The Morgan fingerprint density at radius 1 is 1.77 bits per heavy atom. The average Bonchev–Trinajstić information content (AvgIpc) is 2.54. The van der Waals surface area contributed by atoms with E-state index in [9.17, 15) is 0 Å². The summed E-state index contributed by atoms with van der Waals surface area (Å²) in [6.07, 6.45) is 0.968. The third-order valence-electron chi connectivity index (χ3n) is 2.09. The van der Waals surface area contributed by atoms with Gasteiger partial charge in [-0.15, -0.1) is 11.3 Å². The molecule has 13 heavy (non-hydrogen) atoms. The number of hydrogen-bond donors (Lipinski definition) is 1. The number of aliphatic imine (C=N–C) groups is 1. The third-order valence-corrected chi connectivity index (χ3v) is 3.00. The maximum Gasteiger partial charge on any atom is 0.141 e. The summed E-state index contributed by atoms with van der Waals surface area (Å²) >= 11 is 1.58. The first-order chi connectivity index (χ1) is 6.31. The molecule has 2 rings (SSSR count). The van der Waals surface area contributed by atoms with Crippen molar-refractivity contribution in [1.29, 1.82) is 0 Å². The molecule has 0 aliphatic carbocycles. The molecule has 1 aliphatic heterocycles. The lowest BCUT2D eigenvalue weighted by atomic mass is 10.2. The molecule has 2 heterocycles. The number of nitrogens with zero attached hydrogens (tertiary/aromatic N) is 1. The molecular weight excluding hydrogens is 184 g/mol. The van der Waals surface area contributed by atoms with Gasteiger partial charge in [-0.1, -0.05) is 6.92 Å². The van der Waals surface area contributed by atoms with Crippen LogP contribution >= 0.6 is 11.3 Å². The Bertz CT molecular complexity index is 332. The van der Waals surface area contributed by atoms with Gasteiger partial charge < -0.3 is 10.5 Å². The van der Waals surface area contributed by atoms with E-state index in [1.807, 2.05) is 11.4 Å². The van der Waals surface area contributed by atoms with Crippen LogP contribution < -0.4 is 10.5 Å². The van der Waals surface area contributed by atoms with Crippen LogP contribution in [0.3, 0.4) is 0 Å². The SMILES string of the molecule is CCC1COc2ccsc2C(N)=N1. The van der Waals surface area contributed by atoms with Gasteiger partial charge in [0.2, 0.25) is 0 Å². The molecule has 0 aromatic carbocycles. The van der Waals surface area contributed by atoms with E-state index >= 15 is 0 Å². The minimum atomic E-state index is 0.208. The molecule has 1 aromatic rings. The first-order valence-corrected chi connectivity index (χ1v) is 5.23. The van der Waals surface area contributed by atoms with E-state index in [0.29, 0.717) is 12.4 Å². The standard InChI is InChI=1S/C9H12N2OS/c1-2-6-5-12-7-3-4-13-8(7)9(10)11-6/h3-4,6H,2,5H2,1H3,(H2,10,11). The smallest absolute Gasteiger partial charge is 0.141 e. The van der Waals surface area contributed by atoms with Gasteiger partial charge in [0.25, 0.3) is 0 Å². The van der Waals surface area contributed by atoms with Crippen LogP contribution in [-0.4, -0.2) is 18.5 Å². The molecule has 0 saturated heterocycles. The average molecular weight is 196 g/mol. The molecule has 3 nitrogen and oxygen atoms in total. The fraction of sp³-hybridized carbons (Fsp3) is 0.444. The van der Waals surface area contributed by atoms with Crippen molar-refractivity contribution in [2.45, 2.75) is 19.4 Å². The van der Waals surface area contributed by atoms with Crippen molar-refractivity contribution in [3.63, 3.8) is 0 Å². The zero-order valence-corrected chi connectivity index (χ0v) is 8.30. The van der Waals surface area contributed by atoms with Gasteiger partial charge in [0, 0.05) is 0 Å². The van der Waals surface area contributed by atoms with Crippen LogP contribution in [0.5, 0.6) is 5.75 Å². The first-order valence-electron chi connectivity index (χ1n) is 4.35. The second-order valence-electron chi connectivity index (χ2n) is 3.00. The van der Waals surface area contributed by atoms with Gasteiger partial charge in [-0.25, -0.2) is 0 Å². The largest absolute Gasteiger partial charge is 0.490 e. The molecule has 0 amide bonds. The van der Waals surface area contributed by atoms with Gasteiger partial charge in [0.15, 0.2) is 0 Å². The van der Waals surface area contributed by atoms with E-state index in [1.165, 1.54) is 0 Å². The van der Waals surface area contributed by atoms with Gasteiger partial charge in [-0.05, 0) is 17.9 Å². The van der Waals surface area contributed by atoms with E-state index in [1.54, 1.807) is 11.3 Å². The monoisotopic (exact) mass is 196 g/mol. The summed E-state index contributed by atoms with van der Waals surface area (Å²) in [5, 5.41) is 1.97. The van der Waals surface area contributed by atoms with E-state index in [0.717, 1.165) is 17.0 Å². The summed E-state index contributed by atoms with van der Waals surface area (Å²) in [7, 11) is 0. The van der Waals surface area contributed by atoms with E-state index < -0.39 is 0 Å². The molecular formula is C9H12N2OS. The van der Waals surface area contributed by atoms with Crippen LogP contribution in [0.2, 0.25) is 0 Å². The fourth-order valence-corrected chi connectivity index (χ4v) is 2.03. The van der Waals surface area contributed by atoms with Crippen molar-refractivity contribution in [1.82, 2.24) is 0 Å². The molecule has 1 aliphatic rings. The summed E-state index contributed by atoms with van der Waals surface area (Å²) in [5.74, 6) is 1.50. The number of rotatable bonds is 1. The van der Waals surface area contributed by atoms with E-state index in [-0.39, 0.29) is 6.04 Å². The van der Waals surface area contributed by atoms with E-state index in [2.05, 4.69) is 11.9 Å². The van der Waals surface area contributed by atoms with Crippen molar-refractivity contribution < 1.29 is 4.74 Å². The molecule has 1 atom stereocenters. The van der Waals surface area contributed by atoms with Crippen molar-refractivity contribution in [3.8, 4) is 5.75 Å². The lowest BCUT2D eigenvalue weighted by Gasteiger charge is -2.07. The lowest BCUT2D eigenvalue weighted by Crippen LogP contribution is -2.17. The number of fused-ring (bicyclic) bond motifs is 1. The van der Waals surface area contributed by atoms with Crippen LogP contribution in [0.15, 0.2) is 16.4 Å². The quantitative estimate of drug-likeness (QED) is 0.742. The number of thiophene rings is 1. The highest BCUT2D eigenvalue weighted by molar-refractivity contribution is 7.12. The lowest BCUT2D eigenvalue weighted by molar-refractivity contribution is 0.290. The summed E-state index contributed by atoms with van der Waals surface area (Å²) in [6, 6.07) is 2.15. The molecule has 0 spiro atoms. The number of amidine groups is 1. The van der Waals surface area contributed by atoms with Crippen LogP contribution in [0, 0.1) is 0 Å². The summed E-state index contributed by atoms with van der Waals surface area (Å²) in [4.78, 5) is 5.36. The number of ether oxygens (including phenoxy) is 1. The predicted molar refractivity (Wildman–Crippen MR) is 54.6 cm³/mol. The topological polar surface area (TPSA) is 47.6 Å². The van der Waals surface area contributed by atoms with Crippen molar-refractivity contribution >= 4 is 17.2 Å². The highest BCUT2D eigenvalue weighted by Crippen LogP contribution is 2.27. The third kappa shape index (κ3) is 1.54.